The van der Waals surface area contributed by atoms with Crippen molar-refractivity contribution in [3.8, 4) is 0 Å². The molecule has 6 nitrogen and oxygen atoms in total. The normalized spacial score (nSPS) is 43.5. The van der Waals surface area contributed by atoms with Gasteiger partial charge in [0, 0.05) is 6.20 Å². The Bertz CT molecular complexity index is 534. The Hall–Kier alpha value is -1.47. The average Bonchev–Trinajstić information content (AvgIpc) is 2.76. The van der Waals surface area contributed by atoms with Gasteiger partial charge in [0.1, 0.15) is 24.1 Å². The summed E-state index contributed by atoms with van der Waals surface area (Å²) >= 11 is 0. The number of ether oxygens (including phenoxy) is 1. The van der Waals surface area contributed by atoms with Crippen molar-refractivity contribution in [2.45, 2.75) is 36.9 Å². The molecule has 17 heavy (non-hydrogen) atoms. The Labute approximate surface area is 95.8 Å². The molecule has 2 fully saturated rings. The fourth-order valence-corrected chi connectivity index (χ4v) is 2.51. The van der Waals surface area contributed by atoms with Gasteiger partial charge in [0.05, 0.1) is 6.10 Å². The van der Waals surface area contributed by atoms with Gasteiger partial charge in [-0.05, 0) is 13.0 Å². The second-order valence-corrected chi connectivity index (χ2v) is 4.52. The molecule has 0 bridgehead atoms. The molecule has 1 aromatic heterocycles. The van der Waals surface area contributed by atoms with E-state index in [2.05, 4.69) is 4.98 Å². The molecule has 92 valence electrons. The van der Waals surface area contributed by atoms with E-state index in [1.165, 1.54) is 12.3 Å². The van der Waals surface area contributed by atoms with E-state index in [0.29, 0.717) is 0 Å². The number of halogens is 1. The van der Waals surface area contributed by atoms with E-state index in [1.807, 2.05) is 0 Å². The van der Waals surface area contributed by atoms with Gasteiger partial charge in [0.15, 0.2) is 5.67 Å². The highest BCUT2D eigenvalue weighted by atomic mass is 19.1. The molecule has 3 N–H and O–H groups in total. The van der Waals surface area contributed by atoms with Gasteiger partial charge in [-0.15, -0.1) is 0 Å². The van der Waals surface area contributed by atoms with E-state index in [0.717, 1.165) is 4.57 Å². The second kappa shape index (κ2) is 3.05. The maximum absolute atomic E-state index is 14.4. The standard InChI is InChI=1S/C10H12FN3O3/c1-4-7(15)10(11)6(8(10)17-4)14-3-2-5(12)13-9(14)16/h2-4,6-8,15H,1H3,(H2,12,13,16)/t4?,6?,7-,8?,10?/m0/s1. The lowest BCUT2D eigenvalue weighted by Gasteiger charge is -2.18. The number of anilines is 1. The minimum absolute atomic E-state index is 0.0832. The van der Waals surface area contributed by atoms with Crippen molar-refractivity contribution >= 4 is 5.82 Å². The number of rotatable bonds is 1. The highest BCUT2D eigenvalue weighted by molar-refractivity contribution is 5.30. The quantitative estimate of drug-likeness (QED) is 0.674. The summed E-state index contributed by atoms with van der Waals surface area (Å²) in [5.74, 6) is 0.0832. The summed E-state index contributed by atoms with van der Waals surface area (Å²) in [5, 5.41) is 9.68. The van der Waals surface area contributed by atoms with E-state index in [1.54, 1.807) is 6.92 Å². The van der Waals surface area contributed by atoms with Gasteiger partial charge >= 0.3 is 5.69 Å². The molecule has 4 unspecified atom stereocenters. The van der Waals surface area contributed by atoms with Crippen LogP contribution in [0.5, 0.6) is 0 Å². The lowest BCUT2D eigenvalue weighted by molar-refractivity contribution is -0.0127. The van der Waals surface area contributed by atoms with E-state index in [4.69, 9.17) is 10.5 Å². The molecule has 3 rings (SSSR count). The Balaban J connectivity index is 1.97. The van der Waals surface area contributed by atoms with Crippen LogP contribution in [0, 0.1) is 0 Å². The number of hydrogen-bond donors (Lipinski definition) is 2. The van der Waals surface area contributed by atoms with Crippen LogP contribution >= 0.6 is 0 Å². The summed E-state index contributed by atoms with van der Waals surface area (Å²) in [5.41, 5.74) is 2.83. The smallest absolute Gasteiger partial charge is 0.349 e. The Morgan fingerprint density at radius 1 is 1.71 bits per heavy atom. The molecule has 2 heterocycles. The van der Waals surface area contributed by atoms with Gasteiger partial charge in [0.2, 0.25) is 0 Å². The van der Waals surface area contributed by atoms with Crippen LogP contribution in [0.1, 0.15) is 13.0 Å². The second-order valence-electron chi connectivity index (χ2n) is 4.52. The minimum Gasteiger partial charge on any atom is -0.387 e. The van der Waals surface area contributed by atoms with Gasteiger partial charge in [-0.3, -0.25) is 4.57 Å². The minimum atomic E-state index is -1.89. The molecule has 1 aliphatic carbocycles. The lowest BCUT2D eigenvalue weighted by atomic mass is 10.1. The van der Waals surface area contributed by atoms with Crippen molar-refractivity contribution in [1.82, 2.24) is 9.55 Å². The fraction of sp³-hybridized carbons (Fsp3) is 0.600. The van der Waals surface area contributed by atoms with E-state index < -0.39 is 35.7 Å². The largest absolute Gasteiger partial charge is 0.387 e. The molecule has 0 spiro atoms. The molecule has 1 aliphatic heterocycles. The zero-order valence-electron chi connectivity index (χ0n) is 9.08. The van der Waals surface area contributed by atoms with Crippen LogP contribution in [0.25, 0.3) is 0 Å². The predicted molar refractivity (Wildman–Crippen MR) is 56.1 cm³/mol. The molecule has 1 aromatic rings. The van der Waals surface area contributed by atoms with Gasteiger partial charge in [-0.1, -0.05) is 0 Å². The highest BCUT2D eigenvalue weighted by Crippen LogP contribution is 2.60. The van der Waals surface area contributed by atoms with Crippen molar-refractivity contribution < 1.29 is 14.2 Å². The monoisotopic (exact) mass is 241 g/mol. The first-order valence-corrected chi connectivity index (χ1v) is 5.33. The molecule has 7 heteroatoms. The Morgan fingerprint density at radius 2 is 2.41 bits per heavy atom. The third kappa shape index (κ3) is 1.20. The third-order valence-corrected chi connectivity index (χ3v) is 3.48. The molecule has 1 saturated heterocycles. The van der Waals surface area contributed by atoms with Crippen molar-refractivity contribution in [2.75, 3.05) is 5.73 Å². The summed E-state index contributed by atoms with van der Waals surface area (Å²) in [6.45, 7) is 1.60. The summed E-state index contributed by atoms with van der Waals surface area (Å²) in [7, 11) is 0. The molecule has 0 amide bonds. The molecule has 1 saturated carbocycles. The summed E-state index contributed by atoms with van der Waals surface area (Å²) in [6, 6.07) is 0.600. The number of aliphatic hydroxyl groups is 1. The number of aliphatic hydroxyl groups excluding tert-OH is 1. The van der Waals surface area contributed by atoms with Crippen LogP contribution in [0.3, 0.4) is 0 Å². The van der Waals surface area contributed by atoms with Gasteiger partial charge < -0.3 is 15.6 Å². The molecular formula is C10H12FN3O3. The number of alkyl halides is 1. The maximum atomic E-state index is 14.4. The first kappa shape index (κ1) is 10.7. The van der Waals surface area contributed by atoms with Crippen LogP contribution in [-0.2, 0) is 4.74 Å². The summed E-state index contributed by atoms with van der Waals surface area (Å²) in [6.07, 6.45) is -1.19. The number of fused-ring (bicyclic) bond motifs is 1. The van der Waals surface area contributed by atoms with E-state index in [9.17, 15) is 14.3 Å². The van der Waals surface area contributed by atoms with Crippen LogP contribution < -0.4 is 11.4 Å². The van der Waals surface area contributed by atoms with Gasteiger partial charge in [-0.25, -0.2) is 9.18 Å². The zero-order valence-corrected chi connectivity index (χ0v) is 9.08. The average molecular weight is 241 g/mol. The Morgan fingerprint density at radius 3 is 2.94 bits per heavy atom. The van der Waals surface area contributed by atoms with Crippen molar-refractivity contribution in [1.29, 1.82) is 0 Å². The number of nitrogens with two attached hydrogens (primary N) is 1. The first-order valence-electron chi connectivity index (χ1n) is 5.33. The zero-order chi connectivity index (χ0) is 12.4. The summed E-state index contributed by atoms with van der Waals surface area (Å²) < 4.78 is 20.7. The highest BCUT2D eigenvalue weighted by Gasteiger charge is 2.78. The number of aromatic nitrogens is 2. The Kier molecular flexibility index (Phi) is 1.91. The predicted octanol–water partition coefficient (Wildman–Crippen LogP) is -0.763. The van der Waals surface area contributed by atoms with Crippen LogP contribution in [0.4, 0.5) is 10.2 Å². The SMILES string of the molecule is CC1OC2C(n3ccc(N)nc3=O)C2(F)[C@H]1O. The number of hydrogen-bond acceptors (Lipinski definition) is 5. The third-order valence-electron chi connectivity index (χ3n) is 3.48. The summed E-state index contributed by atoms with van der Waals surface area (Å²) in [4.78, 5) is 15.1. The van der Waals surface area contributed by atoms with Gasteiger partial charge in [0.25, 0.3) is 0 Å². The first-order chi connectivity index (χ1) is 7.96. The van der Waals surface area contributed by atoms with Crippen LogP contribution in [0.15, 0.2) is 17.1 Å². The lowest BCUT2D eigenvalue weighted by Crippen LogP contribution is -2.36. The molecule has 0 aromatic carbocycles. The van der Waals surface area contributed by atoms with Crippen LogP contribution in [-0.4, -0.2) is 38.6 Å². The molecule has 5 atom stereocenters. The van der Waals surface area contributed by atoms with E-state index >= 15 is 0 Å². The molecular weight excluding hydrogens is 229 g/mol. The van der Waals surface area contributed by atoms with Crippen molar-refractivity contribution in [3.63, 3.8) is 0 Å². The molecule has 0 radical (unpaired) electrons. The van der Waals surface area contributed by atoms with Crippen molar-refractivity contribution in [3.05, 3.63) is 22.7 Å². The number of nitrogens with zero attached hydrogens (tertiary/aromatic N) is 2. The van der Waals surface area contributed by atoms with E-state index in [-0.39, 0.29) is 5.82 Å². The van der Waals surface area contributed by atoms with Crippen molar-refractivity contribution in [2.24, 2.45) is 0 Å². The topological polar surface area (TPSA) is 90.4 Å². The van der Waals surface area contributed by atoms with Crippen LogP contribution in [0.2, 0.25) is 0 Å². The molecule has 2 aliphatic rings. The maximum Gasteiger partial charge on any atom is 0.349 e. The van der Waals surface area contributed by atoms with Gasteiger partial charge in [-0.2, -0.15) is 4.98 Å². The number of nitrogen functional groups attached to an aromatic ring is 1. The fourth-order valence-electron chi connectivity index (χ4n) is 2.51.